The molecule has 0 unspecified atom stereocenters. The van der Waals surface area contributed by atoms with Crippen LogP contribution in [-0.2, 0) is 14.3 Å². The molecule has 0 saturated carbocycles. The van der Waals surface area contributed by atoms with Gasteiger partial charge in [-0.25, -0.2) is 0 Å². The van der Waals surface area contributed by atoms with Gasteiger partial charge in [-0.05, 0) is 27.7 Å². The Morgan fingerprint density at radius 2 is 1.72 bits per heavy atom. The van der Waals surface area contributed by atoms with Crippen LogP contribution < -0.4 is 16.4 Å². The number of hydrogen-bond acceptors (Lipinski definition) is 4. The number of rotatable bonds is 6. The Kier molecular flexibility index (Phi) is 6.86. The normalized spacial score (nSPS) is 14.8. The third kappa shape index (κ3) is 8.03. The van der Waals surface area contributed by atoms with Crippen LogP contribution in [0.4, 0.5) is 0 Å². The van der Waals surface area contributed by atoms with E-state index < -0.39 is 6.04 Å². The van der Waals surface area contributed by atoms with E-state index in [0.717, 1.165) is 0 Å². The number of ether oxygens (including phenoxy) is 1. The summed E-state index contributed by atoms with van der Waals surface area (Å²) in [5.41, 5.74) is 5.45. The van der Waals surface area contributed by atoms with Gasteiger partial charge in [0.25, 0.3) is 0 Å². The Morgan fingerprint density at radius 1 is 1.22 bits per heavy atom. The molecule has 0 fully saturated rings. The average Bonchev–Trinajstić information content (AvgIpc) is 2.20. The van der Waals surface area contributed by atoms with Crippen molar-refractivity contribution in [3.63, 3.8) is 0 Å². The highest BCUT2D eigenvalue weighted by molar-refractivity contribution is 5.82. The summed E-state index contributed by atoms with van der Waals surface area (Å²) in [6.45, 7) is 9.66. The molecule has 18 heavy (non-hydrogen) atoms. The van der Waals surface area contributed by atoms with Crippen molar-refractivity contribution in [2.45, 2.75) is 52.4 Å². The molecule has 0 rings (SSSR count). The third-order valence-electron chi connectivity index (χ3n) is 2.15. The molecule has 2 atom stereocenters. The molecule has 0 spiro atoms. The smallest absolute Gasteiger partial charge is 0.239 e. The first kappa shape index (κ1) is 16.9. The maximum absolute atomic E-state index is 11.7. The zero-order valence-corrected chi connectivity index (χ0v) is 11.9. The molecule has 6 heteroatoms. The first-order valence-corrected chi connectivity index (χ1v) is 6.09. The van der Waals surface area contributed by atoms with Crippen molar-refractivity contribution < 1.29 is 14.3 Å². The molecule has 4 N–H and O–H groups in total. The lowest BCUT2D eigenvalue weighted by Gasteiger charge is -2.28. The molecule has 2 amide bonds. The zero-order valence-electron chi connectivity index (χ0n) is 11.9. The quantitative estimate of drug-likeness (QED) is 0.574. The fraction of sp³-hybridized carbons (Fsp3) is 0.833. The Hall–Kier alpha value is -1.14. The molecular weight excluding hydrogens is 234 g/mol. The fourth-order valence-electron chi connectivity index (χ4n) is 1.39. The van der Waals surface area contributed by atoms with Gasteiger partial charge in [-0.15, -0.1) is 0 Å². The lowest BCUT2D eigenvalue weighted by Crippen LogP contribution is -2.51. The Labute approximate surface area is 109 Å². The number of amides is 2. The van der Waals surface area contributed by atoms with Crippen molar-refractivity contribution in [1.29, 1.82) is 0 Å². The predicted molar refractivity (Wildman–Crippen MR) is 70.0 cm³/mol. The van der Waals surface area contributed by atoms with Gasteiger partial charge in [-0.2, -0.15) is 0 Å². The van der Waals surface area contributed by atoms with Gasteiger partial charge in [0.05, 0.1) is 11.7 Å². The Morgan fingerprint density at radius 3 is 2.17 bits per heavy atom. The van der Waals surface area contributed by atoms with Gasteiger partial charge >= 0.3 is 0 Å². The molecule has 0 bridgehead atoms. The molecule has 0 aliphatic heterocycles. The number of nitrogens with one attached hydrogen (secondary N) is 2. The first-order chi connectivity index (χ1) is 8.13. The molecule has 6 nitrogen and oxygen atoms in total. The molecule has 0 aromatic carbocycles. The van der Waals surface area contributed by atoms with Gasteiger partial charge in [0.15, 0.2) is 0 Å². The van der Waals surface area contributed by atoms with Crippen LogP contribution in [0.5, 0.6) is 0 Å². The van der Waals surface area contributed by atoms with Crippen molar-refractivity contribution in [2.24, 2.45) is 5.73 Å². The van der Waals surface area contributed by atoms with Crippen molar-refractivity contribution >= 4 is 11.8 Å². The molecule has 0 aromatic rings. The second-order valence-electron chi connectivity index (χ2n) is 5.24. The van der Waals surface area contributed by atoms with Gasteiger partial charge in [0.1, 0.15) is 6.04 Å². The summed E-state index contributed by atoms with van der Waals surface area (Å²) in [5, 5.41) is 5.23. The highest BCUT2D eigenvalue weighted by Crippen LogP contribution is 2.12. The second kappa shape index (κ2) is 7.33. The van der Waals surface area contributed by atoms with E-state index in [4.69, 9.17) is 10.5 Å². The van der Waals surface area contributed by atoms with E-state index in [0.29, 0.717) is 13.1 Å². The highest BCUT2D eigenvalue weighted by atomic mass is 16.5. The molecule has 0 aliphatic carbocycles. The summed E-state index contributed by atoms with van der Waals surface area (Å²) < 4.78 is 5.61. The number of hydrogen-bond donors (Lipinski definition) is 3. The summed E-state index contributed by atoms with van der Waals surface area (Å²) in [5.74, 6) is -0.407. The summed E-state index contributed by atoms with van der Waals surface area (Å²) in [7, 11) is 0. The van der Waals surface area contributed by atoms with Crippen LogP contribution >= 0.6 is 0 Å². The van der Waals surface area contributed by atoms with Crippen LogP contribution in [0.1, 0.15) is 34.6 Å². The standard InChI is InChI=1S/C12H25N3O3/c1-8(18-12(3,4)5)10(13)11(17)15-7-6-14-9(2)16/h8,10H,6-7,13H2,1-5H3,(H,14,16)(H,15,17)/t8-,10+/m1/s1. The highest BCUT2D eigenvalue weighted by Gasteiger charge is 2.25. The number of carbonyl (C=O) groups excluding carboxylic acids is 2. The molecule has 0 aromatic heterocycles. The van der Waals surface area contributed by atoms with Gasteiger partial charge in [-0.3, -0.25) is 9.59 Å². The Balaban J connectivity index is 3.98. The van der Waals surface area contributed by atoms with E-state index >= 15 is 0 Å². The van der Waals surface area contributed by atoms with Crippen LogP contribution in [0.3, 0.4) is 0 Å². The Bertz CT molecular complexity index is 287. The van der Waals surface area contributed by atoms with Crippen molar-refractivity contribution in [2.75, 3.05) is 13.1 Å². The first-order valence-electron chi connectivity index (χ1n) is 6.09. The molecule has 0 aliphatic rings. The zero-order chi connectivity index (χ0) is 14.3. The average molecular weight is 259 g/mol. The molecule has 0 heterocycles. The minimum absolute atomic E-state index is 0.127. The molecular formula is C12H25N3O3. The largest absolute Gasteiger partial charge is 0.371 e. The molecule has 0 saturated heterocycles. The lowest BCUT2D eigenvalue weighted by atomic mass is 10.1. The topological polar surface area (TPSA) is 93.5 Å². The second-order valence-corrected chi connectivity index (χ2v) is 5.24. The predicted octanol–water partition coefficient (Wildman–Crippen LogP) is -0.230. The van der Waals surface area contributed by atoms with Crippen LogP contribution in [0.25, 0.3) is 0 Å². The van der Waals surface area contributed by atoms with E-state index in [2.05, 4.69) is 10.6 Å². The van der Waals surface area contributed by atoms with Crippen molar-refractivity contribution in [3.05, 3.63) is 0 Å². The minimum atomic E-state index is -0.721. The van der Waals surface area contributed by atoms with Gasteiger partial charge in [0, 0.05) is 20.0 Å². The number of carbonyl (C=O) groups is 2. The van der Waals surface area contributed by atoms with Crippen LogP contribution in [-0.4, -0.2) is 42.7 Å². The summed E-state index contributed by atoms with van der Waals surface area (Å²) in [6, 6.07) is -0.721. The minimum Gasteiger partial charge on any atom is -0.371 e. The van der Waals surface area contributed by atoms with Crippen LogP contribution in [0.15, 0.2) is 0 Å². The van der Waals surface area contributed by atoms with E-state index in [9.17, 15) is 9.59 Å². The van der Waals surface area contributed by atoms with E-state index in [-0.39, 0.29) is 23.5 Å². The summed E-state index contributed by atoms with van der Waals surface area (Å²) in [6.07, 6.45) is -0.370. The monoisotopic (exact) mass is 259 g/mol. The SMILES string of the molecule is CC(=O)NCCNC(=O)[C@@H](N)[C@@H](C)OC(C)(C)C. The van der Waals surface area contributed by atoms with Gasteiger partial charge in [0.2, 0.25) is 11.8 Å². The number of nitrogens with two attached hydrogens (primary N) is 1. The summed E-state index contributed by atoms with van der Waals surface area (Å²) in [4.78, 5) is 22.3. The lowest BCUT2D eigenvalue weighted by molar-refractivity contribution is -0.129. The molecule has 0 radical (unpaired) electrons. The van der Waals surface area contributed by atoms with E-state index in [1.165, 1.54) is 6.92 Å². The third-order valence-corrected chi connectivity index (χ3v) is 2.15. The van der Waals surface area contributed by atoms with Crippen LogP contribution in [0.2, 0.25) is 0 Å². The van der Waals surface area contributed by atoms with Gasteiger partial charge in [-0.1, -0.05) is 0 Å². The molecule has 106 valence electrons. The maximum Gasteiger partial charge on any atom is 0.239 e. The van der Waals surface area contributed by atoms with Crippen LogP contribution in [0, 0.1) is 0 Å². The van der Waals surface area contributed by atoms with E-state index in [1.807, 2.05) is 20.8 Å². The fourth-order valence-corrected chi connectivity index (χ4v) is 1.39. The van der Waals surface area contributed by atoms with Crippen molar-refractivity contribution in [3.8, 4) is 0 Å². The maximum atomic E-state index is 11.7. The van der Waals surface area contributed by atoms with Gasteiger partial charge < -0.3 is 21.1 Å². The van der Waals surface area contributed by atoms with E-state index in [1.54, 1.807) is 6.92 Å². The van der Waals surface area contributed by atoms with Crippen molar-refractivity contribution in [1.82, 2.24) is 10.6 Å². The summed E-state index contributed by atoms with van der Waals surface area (Å²) >= 11 is 0.